The molecule has 4 heterocycles. The van der Waals surface area contributed by atoms with Crippen LogP contribution in [0.2, 0.25) is 0 Å². The summed E-state index contributed by atoms with van der Waals surface area (Å²) >= 11 is 0. The van der Waals surface area contributed by atoms with Crippen molar-refractivity contribution in [3.63, 3.8) is 0 Å². The lowest BCUT2D eigenvalue weighted by Crippen LogP contribution is -2.48. The Kier molecular flexibility index (Phi) is 5.52. The van der Waals surface area contributed by atoms with E-state index in [0.29, 0.717) is 37.7 Å². The van der Waals surface area contributed by atoms with Crippen molar-refractivity contribution in [1.29, 1.82) is 0 Å². The highest BCUT2D eigenvalue weighted by Crippen LogP contribution is 2.32. The van der Waals surface area contributed by atoms with Crippen LogP contribution in [0.15, 0.2) is 60.9 Å². The molecule has 0 radical (unpaired) electrons. The van der Waals surface area contributed by atoms with Crippen LogP contribution in [0.25, 0.3) is 6.08 Å². The van der Waals surface area contributed by atoms with Crippen LogP contribution in [0.5, 0.6) is 11.5 Å². The topological polar surface area (TPSA) is 92.7 Å². The summed E-state index contributed by atoms with van der Waals surface area (Å²) in [5, 5.41) is 11.8. The number of nitrogens with one attached hydrogen (secondary N) is 1. The molecule has 162 valence electrons. The van der Waals surface area contributed by atoms with Crippen molar-refractivity contribution in [1.82, 2.24) is 20.1 Å². The molecule has 1 N–H and O–H groups in total. The van der Waals surface area contributed by atoms with E-state index >= 15 is 0 Å². The molecule has 9 nitrogen and oxygen atoms in total. The van der Waals surface area contributed by atoms with Crippen LogP contribution < -0.4 is 19.7 Å². The summed E-state index contributed by atoms with van der Waals surface area (Å²) in [4.78, 5) is 20.6. The summed E-state index contributed by atoms with van der Waals surface area (Å²) in [6.45, 7) is 2.90. The van der Waals surface area contributed by atoms with E-state index in [4.69, 9.17) is 9.47 Å². The van der Waals surface area contributed by atoms with Gasteiger partial charge in [-0.25, -0.2) is 0 Å². The number of amides is 1. The van der Waals surface area contributed by atoms with E-state index in [1.807, 2.05) is 47.4 Å². The van der Waals surface area contributed by atoms with Gasteiger partial charge in [0.25, 0.3) is 0 Å². The number of carbonyl (C=O) groups excluding carboxylic acids is 1. The maximum absolute atomic E-state index is 12.6. The van der Waals surface area contributed by atoms with E-state index in [9.17, 15) is 4.79 Å². The van der Waals surface area contributed by atoms with Crippen molar-refractivity contribution in [2.75, 3.05) is 43.2 Å². The number of anilines is 3. The molecule has 2 aliphatic heterocycles. The van der Waals surface area contributed by atoms with Gasteiger partial charge in [-0.3, -0.25) is 9.78 Å². The first-order valence-electron chi connectivity index (χ1n) is 10.4. The van der Waals surface area contributed by atoms with E-state index < -0.39 is 0 Å². The van der Waals surface area contributed by atoms with E-state index in [1.54, 1.807) is 24.5 Å². The molecule has 3 aromatic rings. The summed E-state index contributed by atoms with van der Waals surface area (Å²) in [6, 6.07) is 13.2. The van der Waals surface area contributed by atoms with Crippen LogP contribution in [0.1, 0.15) is 5.56 Å². The van der Waals surface area contributed by atoms with Crippen molar-refractivity contribution in [3.05, 3.63) is 66.5 Å². The fourth-order valence-electron chi connectivity index (χ4n) is 3.59. The number of benzene rings is 1. The van der Waals surface area contributed by atoms with Crippen LogP contribution in [-0.2, 0) is 4.79 Å². The summed E-state index contributed by atoms with van der Waals surface area (Å²) < 4.78 is 10.7. The number of pyridine rings is 1. The predicted molar refractivity (Wildman–Crippen MR) is 120 cm³/mol. The number of aromatic nitrogens is 3. The average Bonchev–Trinajstić information content (AvgIpc) is 3.32. The lowest BCUT2D eigenvalue weighted by atomic mass is 10.2. The molecule has 0 atom stereocenters. The predicted octanol–water partition coefficient (Wildman–Crippen LogP) is 2.71. The highest BCUT2D eigenvalue weighted by Gasteiger charge is 2.21. The number of carbonyl (C=O) groups is 1. The van der Waals surface area contributed by atoms with Crippen molar-refractivity contribution < 1.29 is 14.3 Å². The van der Waals surface area contributed by atoms with E-state index in [2.05, 4.69) is 25.4 Å². The van der Waals surface area contributed by atoms with Crippen molar-refractivity contribution in [2.45, 2.75) is 0 Å². The molecule has 2 aliphatic rings. The van der Waals surface area contributed by atoms with Gasteiger partial charge in [-0.15, -0.1) is 10.2 Å². The Labute approximate surface area is 185 Å². The quantitative estimate of drug-likeness (QED) is 0.618. The van der Waals surface area contributed by atoms with E-state index in [0.717, 1.165) is 22.8 Å². The van der Waals surface area contributed by atoms with Gasteiger partial charge in [-0.05, 0) is 48.0 Å². The van der Waals surface area contributed by atoms with Gasteiger partial charge in [-0.1, -0.05) is 6.07 Å². The van der Waals surface area contributed by atoms with Gasteiger partial charge in [0.2, 0.25) is 12.7 Å². The number of ether oxygens (including phenoxy) is 2. The lowest BCUT2D eigenvalue weighted by molar-refractivity contribution is -0.126. The van der Waals surface area contributed by atoms with Gasteiger partial charge in [-0.2, -0.15) is 0 Å². The number of nitrogens with zero attached hydrogens (tertiary/aromatic N) is 5. The zero-order chi connectivity index (χ0) is 21.8. The maximum atomic E-state index is 12.6. The van der Waals surface area contributed by atoms with Crippen LogP contribution in [-0.4, -0.2) is 59.0 Å². The van der Waals surface area contributed by atoms with Gasteiger partial charge >= 0.3 is 0 Å². The molecule has 0 unspecified atom stereocenters. The van der Waals surface area contributed by atoms with Gasteiger partial charge in [0.15, 0.2) is 23.1 Å². The zero-order valence-electron chi connectivity index (χ0n) is 17.3. The molecule has 0 aliphatic carbocycles. The van der Waals surface area contributed by atoms with Crippen LogP contribution in [0.3, 0.4) is 0 Å². The Morgan fingerprint density at radius 1 is 0.938 bits per heavy atom. The third-order valence-corrected chi connectivity index (χ3v) is 5.33. The second-order valence-electron chi connectivity index (χ2n) is 7.40. The number of fused-ring (bicyclic) bond motifs is 1. The molecule has 2 aromatic heterocycles. The molecule has 0 saturated carbocycles. The van der Waals surface area contributed by atoms with Crippen LogP contribution >= 0.6 is 0 Å². The first kappa shape index (κ1) is 19.8. The van der Waals surface area contributed by atoms with Gasteiger partial charge in [0.1, 0.15) is 0 Å². The molecular weight excluding hydrogens is 408 g/mol. The SMILES string of the molecule is O=C(/C=C/c1ccc2c(c1)OCO2)N1CCN(c2ccc(Nc3ccncc3)nn2)CC1. The zero-order valence-corrected chi connectivity index (χ0v) is 17.3. The molecule has 0 bridgehead atoms. The van der Waals surface area contributed by atoms with Crippen LogP contribution in [0, 0.1) is 0 Å². The first-order valence-corrected chi connectivity index (χ1v) is 10.4. The number of piperazine rings is 1. The molecule has 32 heavy (non-hydrogen) atoms. The Morgan fingerprint density at radius 3 is 2.53 bits per heavy atom. The molecule has 1 saturated heterocycles. The maximum Gasteiger partial charge on any atom is 0.246 e. The Bertz CT molecular complexity index is 1110. The van der Waals surface area contributed by atoms with Crippen molar-refractivity contribution >= 4 is 29.3 Å². The molecule has 5 rings (SSSR count). The second-order valence-corrected chi connectivity index (χ2v) is 7.40. The lowest BCUT2D eigenvalue weighted by Gasteiger charge is -2.34. The normalized spacial score (nSPS) is 15.2. The monoisotopic (exact) mass is 430 g/mol. The Morgan fingerprint density at radius 2 is 1.75 bits per heavy atom. The minimum Gasteiger partial charge on any atom is -0.454 e. The number of hydrogen-bond donors (Lipinski definition) is 1. The summed E-state index contributed by atoms with van der Waals surface area (Å²) in [6.07, 6.45) is 6.84. The standard InChI is InChI=1S/C23H22N6O3/c30-23(6-2-17-1-3-19-20(15-17)32-16-31-19)29-13-11-28(12-14-29)22-5-4-21(26-27-22)25-18-7-9-24-10-8-18/h1-10,15H,11-14,16H2,(H,24,25,26)/b6-2+. The van der Waals surface area contributed by atoms with Crippen LogP contribution in [0.4, 0.5) is 17.3 Å². The molecule has 0 spiro atoms. The smallest absolute Gasteiger partial charge is 0.246 e. The Balaban J connectivity index is 1.14. The van der Waals surface area contributed by atoms with Crippen molar-refractivity contribution in [3.8, 4) is 11.5 Å². The minimum absolute atomic E-state index is 0.00898. The van der Waals surface area contributed by atoms with E-state index in [1.165, 1.54) is 0 Å². The molecular formula is C23H22N6O3. The summed E-state index contributed by atoms with van der Waals surface area (Å²) in [7, 11) is 0. The van der Waals surface area contributed by atoms with Gasteiger partial charge in [0, 0.05) is 50.3 Å². The van der Waals surface area contributed by atoms with Gasteiger partial charge in [0.05, 0.1) is 0 Å². The molecule has 1 amide bonds. The molecule has 1 aromatic carbocycles. The highest BCUT2D eigenvalue weighted by molar-refractivity contribution is 5.92. The fourth-order valence-corrected chi connectivity index (χ4v) is 3.59. The summed E-state index contributed by atoms with van der Waals surface area (Å²) in [5.41, 5.74) is 1.81. The number of hydrogen-bond acceptors (Lipinski definition) is 8. The fraction of sp³-hybridized carbons (Fsp3) is 0.217. The Hall–Kier alpha value is -4.14. The third-order valence-electron chi connectivity index (χ3n) is 5.33. The highest BCUT2D eigenvalue weighted by atomic mass is 16.7. The second kappa shape index (κ2) is 8.93. The minimum atomic E-state index is -0.00898. The molecule has 1 fully saturated rings. The third kappa shape index (κ3) is 4.46. The average molecular weight is 430 g/mol. The molecule has 9 heteroatoms. The first-order chi connectivity index (χ1) is 15.7. The summed E-state index contributed by atoms with van der Waals surface area (Å²) in [5.74, 6) is 2.89. The van der Waals surface area contributed by atoms with E-state index in [-0.39, 0.29) is 12.7 Å². The largest absolute Gasteiger partial charge is 0.454 e. The van der Waals surface area contributed by atoms with Gasteiger partial charge < -0.3 is 24.6 Å². The number of rotatable bonds is 5. The van der Waals surface area contributed by atoms with Crippen molar-refractivity contribution in [2.24, 2.45) is 0 Å².